The molecule has 2 aliphatic rings. The van der Waals surface area contributed by atoms with Crippen molar-refractivity contribution in [2.24, 2.45) is 16.7 Å². The molecule has 0 spiro atoms. The quantitative estimate of drug-likeness (QED) is 0.723. The second-order valence-corrected chi connectivity index (χ2v) is 8.46. The zero-order valence-electron chi connectivity index (χ0n) is 12.8. The number of thioether (sulfide) groups is 1. The molecule has 0 aliphatic heterocycles. The van der Waals surface area contributed by atoms with Gasteiger partial charge in [-0.25, -0.2) is 0 Å². The van der Waals surface area contributed by atoms with Crippen LogP contribution in [0.2, 0.25) is 0 Å². The number of fused-ring (bicyclic) bond motifs is 2. The van der Waals surface area contributed by atoms with Crippen molar-refractivity contribution in [3.63, 3.8) is 0 Å². The molecule has 21 heavy (non-hydrogen) atoms. The molecular formula is C17H23F2NS. The first kappa shape index (κ1) is 15.1. The van der Waals surface area contributed by atoms with E-state index in [-0.39, 0.29) is 0 Å². The van der Waals surface area contributed by atoms with Gasteiger partial charge in [0.25, 0.3) is 5.76 Å². The lowest BCUT2D eigenvalue weighted by atomic mass is 9.68. The molecule has 0 radical (unpaired) electrons. The van der Waals surface area contributed by atoms with Gasteiger partial charge in [0.1, 0.15) is 0 Å². The Morgan fingerprint density at radius 1 is 1.19 bits per heavy atom. The number of alkyl halides is 2. The van der Waals surface area contributed by atoms with E-state index < -0.39 is 5.76 Å². The maximum atomic E-state index is 12.3. The Labute approximate surface area is 129 Å². The standard InChI is InChI=1S/C17H23F2NS/c1-16(2)11-8-9-17(3,10-11)14(16)20-12-4-6-13(7-5-12)21-15(18)19/h4-7,11,14-15,20H,8-10H2,1-3H3. The molecule has 2 bridgehead atoms. The molecule has 1 nitrogen and oxygen atoms in total. The summed E-state index contributed by atoms with van der Waals surface area (Å²) in [7, 11) is 0. The second kappa shape index (κ2) is 5.15. The van der Waals surface area contributed by atoms with Crippen molar-refractivity contribution in [3.8, 4) is 0 Å². The summed E-state index contributed by atoms with van der Waals surface area (Å²) in [5.41, 5.74) is 1.70. The third-order valence-electron chi connectivity index (χ3n) is 5.66. The predicted octanol–water partition coefficient (Wildman–Crippen LogP) is 5.63. The highest BCUT2D eigenvalue weighted by Crippen LogP contribution is 2.63. The van der Waals surface area contributed by atoms with Gasteiger partial charge in [-0.3, -0.25) is 0 Å². The van der Waals surface area contributed by atoms with E-state index in [9.17, 15) is 8.78 Å². The Morgan fingerprint density at radius 3 is 2.38 bits per heavy atom. The van der Waals surface area contributed by atoms with E-state index in [1.54, 1.807) is 12.1 Å². The number of hydrogen-bond donors (Lipinski definition) is 1. The Balaban J connectivity index is 1.74. The summed E-state index contributed by atoms with van der Waals surface area (Å²) >= 11 is 0.600. The van der Waals surface area contributed by atoms with Crippen molar-refractivity contribution in [3.05, 3.63) is 24.3 Å². The lowest BCUT2D eigenvalue weighted by molar-refractivity contribution is 0.155. The minimum Gasteiger partial charge on any atom is -0.381 e. The minimum atomic E-state index is -2.35. The lowest BCUT2D eigenvalue weighted by Crippen LogP contribution is -2.45. The third kappa shape index (κ3) is 2.67. The molecular weight excluding hydrogens is 288 g/mol. The summed E-state index contributed by atoms with van der Waals surface area (Å²) < 4.78 is 24.7. The third-order valence-corrected chi connectivity index (χ3v) is 6.38. The van der Waals surface area contributed by atoms with Gasteiger partial charge in [-0.1, -0.05) is 32.5 Å². The van der Waals surface area contributed by atoms with E-state index in [0.717, 1.165) is 11.6 Å². The van der Waals surface area contributed by atoms with E-state index in [0.29, 0.717) is 33.5 Å². The molecule has 0 saturated heterocycles. The topological polar surface area (TPSA) is 12.0 Å². The van der Waals surface area contributed by atoms with Gasteiger partial charge in [0.05, 0.1) is 0 Å². The van der Waals surface area contributed by atoms with Gasteiger partial charge < -0.3 is 5.32 Å². The number of anilines is 1. The van der Waals surface area contributed by atoms with Gasteiger partial charge in [-0.15, -0.1) is 0 Å². The van der Waals surface area contributed by atoms with Crippen LogP contribution in [0.3, 0.4) is 0 Å². The van der Waals surface area contributed by atoms with Crippen molar-refractivity contribution in [2.45, 2.75) is 56.7 Å². The van der Waals surface area contributed by atoms with Crippen LogP contribution in [0.25, 0.3) is 0 Å². The monoisotopic (exact) mass is 311 g/mol. The summed E-state index contributed by atoms with van der Waals surface area (Å²) in [6.07, 6.45) is 3.93. The number of rotatable bonds is 4. The first-order valence-corrected chi connectivity index (χ1v) is 8.51. The van der Waals surface area contributed by atoms with Crippen LogP contribution in [0, 0.1) is 16.7 Å². The molecule has 0 amide bonds. The molecule has 0 aromatic heterocycles. The van der Waals surface area contributed by atoms with Crippen LogP contribution in [0.1, 0.15) is 40.0 Å². The van der Waals surface area contributed by atoms with Gasteiger partial charge in [-0.2, -0.15) is 8.78 Å². The molecule has 2 saturated carbocycles. The fourth-order valence-electron chi connectivity index (χ4n) is 4.56. The summed E-state index contributed by atoms with van der Waals surface area (Å²) in [5, 5.41) is 3.69. The minimum absolute atomic E-state index is 0.295. The second-order valence-electron chi connectivity index (χ2n) is 7.40. The average Bonchev–Trinajstić information content (AvgIpc) is 2.87. The fraction of sp³-hybridized carbons (Fsp3) is 0.647. The lowest BCUT2D eigenvalue weighted by Gasteiger charge is -2.43. The molecule has 116 valence electrons. The maximum Gasteiger partial charge on any atom is 0.288 e. The van der Waals surface area contributed by atoms with E-state index in [2.05, 4.69) is 26.1 Å². The van der Waals surface area contributed by atoms with Crippen molar-refractivity contribution in [1.82, 2.24) is 0 Å². The normalized spacial score (nSPS) is 33.6. The summed E-state index contributed by atoms with van der Waals surface area (Å²) in [4.78, 5) is 0.619. The molecule has 1 aromatic carbocycles. The van der Waals surface area contributed by atoms with Crippen LogP contribution in [0.5, 0.6) is 0 Å². The molecule has 4 heteroatoms. The van der Waals surface area contributed by atoms with Crippen molar-refractivity contribution in [1.29, 1.82) is 0 Å². The van der Waals surface area contributed by atoms with Crippen LogP contribution in [0.4, 0.5) is 14.5 Å². The first-order chi connectivity index (χ1) is 9.81. The van der Waals surface area contributed by atoms with E-state index >= 15 is 0 Å². The Bertz CT molecular complexity index is 509. The van der Waals surface area contributed by atoms with Crippen LogP contribution in [-0.4, -0.2) is 11.8 Å². The highest BCUT2D eigenvalue weighted by molar-refractivity contribution is 7.99. The molecule has 2 fully saturated rings. The zero-order valence-corrected chi connectivity index (χ0v) is 13.6. The molecule has 3 unspecified atom stereocenters. The van der Waals surface area contributed by atoms with Gasteiger partial charge >= 0.3 is 0 Å². The molecule has 1 aromatic rings. The molecule has 0 heterocycles. The fourth-order valence-corrected chi connectivity index (χ4v) is 5.06. The molecule has 3 rings (SSSR count). The van der Waals surface area contributed by atoms with E-state index in [4.69, 9.17) is 0 Å². The summed E-state index contributed by atoms with van der Waals surface area (Å²) in [6.45, 7) is 7.11. The number of halogens is 2. The largest absolute Gasteiger partial charge is 0.381 e. The van der Waals surface area contributed by atoms with E-state index in [1.165, 1.54) is 19.3 Å². The van der Waals surface area contributed by atoms with Gasteiger partial charge in [0.15, 0.2) is 0 Å². The number of nitrogens with one attached hydrogen (secondary N) is 1. The zero-order chi connectivity index (χ0) is 15.3. The van der Waals surface area contributed by atoms with Gasteiger partial charge in [-0.05, 0) is 60.3 Å². The Kier molecular flexibility index (Phi) is 3.71. The summed E-state index contributed by atoms with van der Waals surface area (Å²) in [5.74, 6) is -1.55. The number of hydrogen-bond acceptors (Lipinski definition) is 2. The van der Waals surface area contributed by atoms with Crippen molar-refractivity contribution >= 4 is 17.4 Å². The Morgan fingerprint density at radius 2 is 1.86 bits per heavy atom. The highest BCUT2D eigenvalue weighted by atomic mass is 32.2. The SMILES string of the molecule is CC12CCC(C1)C(C)(C)C2Nc1ccc(SC(F)F)cc1. The first-order valence-electron chi connectivity index (χ1n) is 7.63. The highest BCUT2D eigenvalue weighted by Gasteiger charge is 2.59. The van der Waals surface area contributed by atoms with Crippen molar-refractivity contribution in [2.75, 3.05) is 5.32 Å². The van der Waals surface area contributed by atoms with Crippen LogP contribution in [-0.2, 0) is 0 Å². The summed E-state index contributed by atoms with van der Waals surface area (Å²) in [6, 6.07) is 7.87. The van der Waals surface area contributed by atoms with Crippen molar-refractivity contribution < 1.29 is 8.78 Å². The maximum absolute atomic E-state index is 12.3. The van der Waals surface area contributed by atoms with Crippen LogP contribution < -0.4 is 5.32 Å². The van der Waals surface area contributed by atoms with Gasteiger partial charge in [0.2, 0.25) is 0 Å². The van der Waals surface area contributed by atoms with Crippen LogP contribution >= 0.6 is 11.8 Å². The predicted molar refractivity (Wildman–Crippen MR) is 84.9 cm³/mol. The van der Waals surface area contributed by atoms with E-state index in [1.807, 2.05) is 12.1 Å². The smallest absolute Gasteiger partial charge is 0.288 e. The molecule has 2 aliphatic carbocycles. The molecule has 1 N–H and O–H groups in total. The Hall–Kier alpha value is -0.770. The van der Waals surface area contributed by atoms with Crippen LogP contribution in [0.15, 0.2) is 29.2 Å². The number of benzene rings is 1. The molecule has 3 atom stereocenters. The van der Waals surface area contributed by atoms with Gasteiger partial charge in [0, 0.05) is 16.6 Å². The average molecular weight is 311 g/mol.